The Morgan fingerprint density at radius 1 is 1.43 bits per heavy atom. The van der Waals surface area contributed by atoms with Gasteiger partial charge >= 0.3 is 12.6 Å². The third kappa shape index (κ3) is 3.53. The SMILES string of the molecule is Cc1cc(OC(F)F)nc(N(C(N)=O)S(=O)(=O)c2ccc[nH]2)n1. The first-order valence-electron chi connectivity index (χ1n) is 6.00. The number of hydrogen-bond donors (Lipinski definition) is 2. The first kappa shape index (κ1) is 16.6. The fourth-order valence-electron chi connectivity index (χ4n) is 1.66. The first-order valence-corrected chi connectivity index (χ1v) is 7.44. The maximum atomic E-state index is 12.4. The number of sulfonamides is 1. The zero-order chi connectivity index (χ0) is 17.2. The highest BCUT2D eigenvalue weighted by atomic mass is 32.2. The van der Waals surface area contributed by atoms with Crippen LogP contribution in [0.3, 0.4) is 0 Å². The Morgan fingerprint density at radius 2 is 2.13 bits per heavy atom. The van der Waals surface area contributed by atoms with Gasteiger partial charge in [-0.3, -0.25) is 0 Å². The summed E-state index contributed by atoms with van der Waals surface area (Å²) in [4.78, 5) is 21.2. The molecule has 2 amide bonds. The van der Waals surface area contributed by atoms with Crippen LogP contribution in [0.15, 0.2) is 29.4 Å². The molecule has 2 rings (SSSR count). The van der Waals surface area contributed by atoms with Crippen LogP contribution in [0, 0.1) is 6.92 Å². The summed E-state index contributed by atoms with van der Waals surface area (Å²) in [6.07, 6.45) is 1.31. The number of aromatic nitrogens is 3. The smallest absolute Gasteiger partial charge is 0.388 e. The fraction of sp³-hybridized carbons (Fsp3) is 0.182. The summed E-state index contributed by atoms with van der Waals surface area (Å²) in [5.74, 6) is -1.31. The van der Waals surface area contributed by atoms with Crippen molar-refractivity contribution in [1.82, 2.24) is 15.0 Å². The summed E-state index contributed by atoms with van der Waals surface area (Å²) in [5.41, 5.74) is 5.18. The lowest BCUT2D eigenvalue weighted by Gasteiger charge is -2.18. The van der Waals surface area contributed by atoms with Crippen LogP contribution >= 0.6 is 0 Å². The Bertz CT molecular complexity index is 810. The van der Waals surface area contributed by atoms with E-state index in [9.17, 15) is 22.0 Å². The van der Waals surface area contributed by atoms with Crippen molar-refractivity contribution in [2.24, 2.45) is 5.73 Å². The van der Waals surface area contributed by atoms with Crippen LogP contribution in [0.2, 0.25) is 0 Å². The minimum atomic E-state index is -4.44. The van der Waals surface area contributed by atoms with Gasteiger partial charge in [-0.25, -0.2) is 9.78 Å². The van der Waals surface area contributed by atoms with Gasteiger partial charge < -0.3 is 15.5 Å². The number of anilines is 1. The molecule has 0 spiro atoms. The van der Waals surface area contributed by atoms with Gasteiger partial charge in [0.1, 0.15) is 0 Å². The van der Waals surface area contributed by atoms with Crippen LogP contribution in [0.5, 0.6) is 5.88 Å². The molecule has 0 radical (unpaired) electrons. The molecule has 12 heteroatoms. The first-order chi connectivity index (χ1) is 10.7. The van der Waals surface area contributed by atoms with Crippen LogP contribution < -0.4 is 14.8 Å². The lowest BCUT2D eigenvalue weighted by atomic mass is 10.4. The topological polar surface area (TPSA) is 131 Å². The summed E-state index contributed by atoms with van der Waals surface area (Å²) in [5, 5.41) is -0.349. The zero-order valence-corrected chi connectivity index (χ0v) is 12.4. The number of nitrogens with one attached hydrogen (secondary N) is 1. The molecule has 0 atom stereocenters. The van der Waals surface area contributed by atoms with Crippen LogP contribution in [0.1, 0.15) is 5.69 Å². The number of halogens is 2. The molecule has 0 saturated heterocycles. The van der Waals surface area contributed by atoms with E-state index >= 15 is 0 Å². The van der Waals surface area contributed by atoms with Crippen LogP contribution in [-0.4, -0.2) is 36.0 Å². The Kier molecular flexibility index (Phi) is 4.45. The van der Waals surface area contributed by atoms with Crippen LogP contribution in [0.4, 0.5) is 19.5 Å². The minimum Gasteiger partial charge on any atom is -0.417 e. The third-order valence-electron chi connectivity index (χ3n) is 2.50. The molecule has 2 aromatic rings. The number of H-pyrrole nitrogens is 1. The second-order valence-electron chi connectivity index (χ2n) is 4.17. The zero-order valence-electron chi connectivity index (χ0n) is 11.6. The Balaban J connectivity index is 2.55. The Morgan fingerprint density at radius 3 is 2.65 bits per heavy atom. The second-order valence-corrected chi connectivity index (χ2v) is 5.92. The number of ether oxygens (including phenoxy) is 1. The Hall–Kier alpha value is -2.76. The number of nitrogens with zero attached hydrogens (tertiary/aromatic N) is 3. The van der Waals surface area contributed by atoms with E-state index in [-0.39, 0.29) is 15.0 Å². The molecule has 2 aromatic heterocycles. The molecule has 0 bridgehead atoms. The van der Waals surface area contributed by atoms with Gasteiger partial charge in [0.2, 0.25) is 5.88 Å². The highest BCUT2D eigenvalue weighted by Gasteiger charge is 2.33. The van der Waals surface area contributed by atoms with E-state index in [0.717, 1.165) is 6.07 Å². The average Bonchev–Trinajstić information content (AvgIpc) is 2.90. The molecule has 0 aliphatic carbocycles. The van der Waals surface area contributed by atoms with E-state index in [1.807, 2.05) is 0 Å². The Labute approximate surface area is 129 Å². The molecule has 0 fully saturated rings. The van der Waals surface area contributed by atoms with Gasteiger partial charge in [-0.1, -0.05) is 0 Å². The predicted molar refractivity (Wildman–Crippen MR) is 73.4 cm³/mol. The molecule has 124 valence electrons. The number of primary amides is 1. The molecule has 0 aromatic carbocycles. The summed E-state index contributed by atoms with van der Waals surface area (Å²) < 4.78 is 53.6. The quantitative estimate of drug-likeness (QED) is 0.829. The highest BCUT2D eigenvalue weighted by Crippen LogP contribution is 2.22. The largest absolute Gasteiger partial charge is 0.417 e. The van der Waals surface area contributed by atoms with Crippen molar-refractivity contribution in [3.05, 3.63) is 30.1 Å². The van der Waals surface area contributed by atoms with E-state index in [0.29, 0.717) is 0 Å². The van der Waals surface area contributed by atoms with Crippen molar-refractivity contribution in [1.29, 1.82) is 0 Å². The van der Waals surface area contributed by atoms with E-state index in [1.54, 1.807) is 0 Å². The molecule has 0 aliphatic rings. The monoisotopic (exact) mass is 347 g/mol. The summed E-state index contributed by atoms with van der Waals surface area (Å²) >= 11 is 0. The van der Waals surface area contributed by atoms with Crippen LogP contribution in [-0.2, 0) is 10.0 Å². The minimum absolute atomic E-state index is 0.0875. The van der Waals surface area contributed by atoms with Crippen molar-refractivity contribution >= 4 is 22.0 Å². The third-order valence-corrected chi connectivity index (χ3v) is 4.13. The fourth-order valence-corrected chi connectivity index (χ4v) is 2.86. The summed E-state index contributed by atoms with van der Waals surface area (Å²) in [6.45, 7) is -1.80. The number of carbonyl (C=O) groups excluding carboxylic acids is 1. The molecule has 3 N–H and O–H groups in total. The summed E-state index contributed by atoms with van der Waals surface area (Å²) in [6, 6.07) is 2.20. The normalized spacial score (nSPS) is 11.5. The van der Waals surface area contributed by atoms with Crippen LogP contribution in [0.25, 0.3) is 0 Å². The number of nitrogens with two attached hydrogens (primary N) is 1. The number of carbonyl (C=O) groups is 1. The maximum Gasteiger partial charge on any atom is 0.388 e. The van der Waals surface area contributed by atoms with E-state index < -0.39 is 34.5 Å². The number of urea groups is 1. The lowest BCUT2D eigenvalue weighted by molar-refractivity contribution is -0.0528. The van der Waals surface area contributed by atoms with Crippen molar-refractivity contribution in [2.75, 3.05) is 4.31 Å². The van der Waals surface area contributed by atoms with Gasteiger partial charge in [-0.05, 0) is 19.1 Å². The van der Waals surface area contributed by atoms with Gasteiger partial charge in [0.25, 0.3) is 16.0 Å². The molecule has 9 nitrogen and oxygen atoms in total. The second kappa shape index (κ2) is 6.16. The number of hydrogen-bond acceptors (Lipinski definition) is 6. The average molecular weight is 347 g/mol. The summed E-state index contributed by atoms with van der Waals surface area (Å²) in [7, 11) is -4.44. The molecular formula is C11H11F2N5O4S. The number of rotatable bonds is 5. The maximum absolute atomic E-state index is 12.4. The molecular weight excluding hydrogens is 336 g/mol. The van der Waals surface area contributed by atoms with Crippen molar-refractivity contribution in [3.8, 4) is 5.88 Å². The van der Waals surface area contributed by atoms with Gasteiger partial charge in [0, 0.05) is 18.0 Å². The number of aryl methyl sites for hydroxylation is 1. The van der Waals surface area contributed by atoms with Gasteiger partial charge in [-0.15, -0.1) is 4.31 Å². The van der Waals surface area contributed by atoms with Gasteiger partial charge in [0.05, 0.1) is 0 Å². The number of alkyl halides is 2. The number of amides is 2. The predicted octanol–water partition coefficient (Wildman–Crippen LogP) is 0.989. The van der Waals surface area contributed by atoms with Gasteiger partial charge in [0.15, 0.2) is 5.03 Å². The van der Waals surface area contributed by atoms with Crippen molar-refractivity contribution in [3.63, 3.8) is 0 Å². The van der Waals surface area contributed by atoms with E-state index in [2.05, 4.69) is 19.7 Å². The number of aromatic amines is 1. The van der Waals surface area contributed by atoms with Crippen molar-refractivity contribution in [2.45, 2.75) is 18.6 Å². The standard InChI is InChI=1S/C11H11F2N5O4S/c1-6-5-7(22-9(12)13)17-11(16-6)18(10(14)19)23(20,21)8-3-2-4-15-8/h2-5,9,15H,1H3,(H2,14,19). The molecule has 0 aliphatic heterocycles. The molecule has 2 heterocycles. The molecule has 0 unspecified atom stereocenters. The molecule has 23 heavy (non-hydrogen) atoms. The van der Waals surface area contributed by atoms with Crippen molar-refractivity contribution < 1.29 is 26.7 Å². The van der Waals surface area contributed by atoms with Gasteiger partial charge in [-0.2, -0.15) is 22.2 Å². The van der Waals surface area contributed by atoms with E-state index in [1.165, 1.54) is 25.3 Å². The molecule has 0 saturated carbocycles. The lowest BCUT2D eigenvalue weighted by Crippen LogP contribution is -2.42. The van der Waals surface area contributed by atoms with E-state index in [4.69, 9.17) is 5.73 Å². The highest BCUT2D eigenvalue weighted by molar-refractivity contribution is 7.93.